The second-order valence-corrected chi connectivity index (χ2v) is 10.7. The van der Waals surface area contributed by atoms with Crippen LogP contribution in [0.2, 0.25) is 0 Å². The van der Waals surface area contributed by atoms with Gasteiger partial charge in [-0.05, 0) is 55.7 Å². The van der Waals surface area contributed by atoms with Gasteiger partial charge in [-0.15, -0.1) is 12.4 Å². The number of nitrogens with two attached hydrogens (primary N) is 1. The molecule has 3 N–H and O–H groups in total. The number of piperidine rings is 1. The molecule has 0 saturated carbocycles. The smallest absolute Gasteiger partial charge is 0.244 e. The first-order valence-corrected chi connectivity index (χ1v) is 13.9. The first-order chi connectivity index (χ1) is 19.0. The molecule has 2 heterocycles. The van der Waals surface area contributed by atoms with Crippen LogP contribution < -0.4 is 5.73 Å². The Hall–Kier alpha value is -3.67. The standard InChI is InChI=1S/C34H38N4O.ClH/c1-26-20-23-38(24-21-26)32(39)33(35,22-12-19-31-27(2)36-25-37-31)34(28-13-6-3-7-14-28,29-15-8-4-9-16-29)30-17-10-5-11-18-30;/h3-11,13-18,25H,1,12,19-24,35H2,2H3,(H,36,37);1H. The quantitative estimate of drug-likeness (QED) is 0.186. The Bertz CT molecular complexity index is 1300. The van der Waals surface area contributed by atoms with Crippen molar-refractivity contribution in [1.82, 2.24) is 14.9 Å². The number of likely N-dealkylation sites (tertiary alicyclic amines) is 1. The number of aryl methyl sites for hydroxylation is 2. The third-order valence-corrected chi connectivity index (χ3v) is 8.35. The van der Waals surface area contributed by atoms with Crippen molar-refractivity contribution in [2.24, 2.45) is 5.73 Å². The van der Waals surface area contributed by atoms with Gasteiger partial charge in [0.15, 0.2) is 0 Å². The average molecular weight is 555 g/mol. The number of rotatable bonds is 9. The number of aromatic amines is 1. The zero-order valence-electron chi connectivity index (χ0n) is 23.2. The minimum atomic E-state index is -1.26. The molecule has 0 aliphatic carbocycles. The van der Waals surface area contributed by atoms with Crippen LogP contribution in [0.4, 0.5) is 0 Å². The van der Waals surface area contributed by atoms with Gasteiger partial charge in [0.05, 0.1) is 17.4 Å². The lowest BCUT2D eigenvalue weighted by molar-refractivity contribution is -0.139. The predicted molar refractivity (Wildman–Crippen MR) is 165 cm³/mol. The molecule has 0 bridgehead atoms. The van der Waals surface area contributed by atoms with E-state index >= 15 is 0 Å². The van der Waals surface area contributed by atoms with E-state index in [1.165, 1.54) is 5.57 Å². The first-order valence-electron chi connectivity index (χ1n) is 13.9. The van der Waals surface area contributed by atoms with Crippen LogP contribution in [0.5, 0.6) is 0 Å². The van der Waals surface area contributed by atoms with Crippen LogP contribution in [0.3, 0.4) is 0 Å². The lowest BCUT2D eigenvalue weighted by Crippen LogP contribution is -2.68. The molecule has 1 aliphatic rings. The number of hydrogen-bond acceptors (Lipinski definition) is 3. The molecule has 208 valence electrons. The number of imidazole rings is 1. The van der Waals surface area contributed by atoms with Crippen molar-refractivity contribution in [2.75, 3.05) is 13.1 Å². The molecule has 1 unspecified atom stereocenters. The van der Waals surface area contributed by atoms with Gasteiger partial charge >= 0.3 is 0 Å². The van der Waals surface area contributed by atoms with Gasteiger partial charge in [-0.3, -0.25) is 4.79 Å². The van der Waals surface area contributed by atoms with Crippen molar-refractivity contribution in [2.45, 2.75) is 50.0 Å². The van der Waals surface area contributed by atoms with Crippen LogP contribution in [-0.4, -0.2) is 39.4 Å². The highest BCUT2D eigenvalue weighted by molar-refractivity contribution is 5.91. The van der Waals surface area contributed by atoms with E-state index < -0.39 is 11.0 Å². The van der Waals surface area contributed by atoms with Crippen LogP contribution in [0, 0.1) is 6.92 Å². The zero-order chi connectivity index (χ0) is 27.3. The molecule has 6 heteroatoms. The number of benzene rings is 3. The molecule has 1 saturated heterocycles. The number of nitrogens with zero attached hydrogens (tertiary/aromatic N) is 2. The Morgan fingerprint density at radius 2 is 1.38 bits per heavy atom. The Morgan fingerprint density at radius 1 is 0.900 bits per heavy atom. The summed E-state index contributed by atoms with van der Waals surface area (Å²) in [7, 11) is 0. The topological polar surface area (TPSA) is 75.0 Å². The van der Waals surface area contributed by atoms with Gasteiger partial charge in [0, 0.05) is 18.8 Å². The van der Waals surface area contributed by atoms with Crippen molar-refractivity contribution >= 4 is 18.3 Å². The fourth-order valence-corrected chi connectivity index (χ4v) is 6.27. The SMILES string of the molecule is C=C1CCN(C(=O)C(N)(CCCc2nc[nH]c2C)C(c2ccccc2)(c2ccccc2)c2ccccc2)CC1.Cl. The summed E-state index contributed by atoms with van der Waals surface area (Å²) >= 11 is 0. The minimum absolute atomic E-state index is 0. The van der Waals surface area contributed by atoms with Gasteiger partial charge in [0.2, 0.25) is 5.91 Å². The van der Waals surface area contributed by atoms with Crippen LogP contribution in [0.15, 0.2) is 109 Å². The van der Waals surface area contributed by atoms with E-state index in [4.69, 9.17) is 5.73 Å². The first kappa shape index (κ1) is 29.3. The normalized spacial score (nSPS) is 15.2. The van der Waals surface area contributed by atoms with Gasteiger partial charge < -0.3 is 15.6 Å². The van der Waals surface area contributed by atoms with Gasteiger partial charge in [0.25, 0.3) is 0 Å². The maximum Gasteiger partial charge on any atom is 0.244 e. The molecule has 40 heavy (non-hydrogen) atoms. The van der Waals surface area contributed by atoms with E-state index in [1.807, 2.05) is 66.4 Å². The summed E-state index contributed by atoms with van der Waals surface area (Å²) in [4.78, 5) is 24.6. The Kier molecular flexibility index (Phi) is 9.28. The summed E-state index contributed by atoms with van der Waals surface area (Å²) < 4.78 is 0. The number of halogens is 1. The number of carbonyl (C=O) groups excluding carboxylic acids is 1. The molecule has 0 radical (unpaired) electrons. The second-order valence-electron chi connectivity index (χ2n) is 10.7. The summed E-state index contributed by atoms with van der Waals surface area (Å²) in [6, 6.07) is 31.0. The molecule has 1 atom stereocenters. The van der Waals surface area contributed by atoms with Crippen molar-refractivity contribution < 1.29 is 4.79 Å². The summed E-state index contributed by atoms with van der Waals surface area (Å²) in [6.07, 6.45) is 5.31. The molecule has 5 rings (SSSR count). The lowest BCUT2D eigenvalue weighted by atomic mass is 9.56. The van der Waals surface area contributed by atoms with E-state index in [0.717, 1.165) is 53.8 Å². The molecule has 5 nitrogen and oxygen atoms in total. The number of H-pyrrole nitrogens is 1. The predicted octanol–water partition coefficient (Wildman–Crippen LogP) is 6.37. The number of carbonyl (C=O) groups is 1. The van der Waals surface area contributed by atoms with Crippen LogP contribution in [-0.2, 0) is 16.6 Å². The largest absolute Gasteiger partial charge is 0.348 e. The van der Waals surface area contributed by atoms with Crippen molar-refractivity contribution in [1.29, 1.82) is 0 Å². The monoisotopic (exact) mass is 554 g/mol. The molecule has 3 aromatic carbocycles. The maximum absolute atomic E-state index is 14.9. The Labute approximate surface area is 243 Å². The highest BCUT2D eigenvalue weighted by atomic mass is 35.5. The highest BCUT2D eigenvalue weighted by Gasteiger charge is 2.57. The second kappa shape index (κ2) is 12.7. The fourth-order valence-electron chi connectivity index (χ4n) is 6.27. The van der Waals surface area contributed by atoms with E-state index in [1.54, 1.807) is 6.33 Å². The van der Waals surface area contributed by atoms with E-state index in [9.17, 15) is 4.79 Å². The summed E-state index contributed by atoms with van der Waals surface area (Å²) in [5.74, 6) is -0.00897. The summed E-state index contributed by atoms with van der Waals surface area (Å²) in [5, 5.41) is 0. The molecular weight excluding hydrogens is 516 g/mol. The Balaban J connectivity index is 0.00000370. The summed E-state index contributed by atoms with van der Waals surface area (Å²) in [5.41, 5.74) is 11.8. The molecule has 0 spiro atoms. The molecule has 1 aromatic heterocycles. The molecule has 4 aromatic rings. The third kappa shape index (κ3) is 5.36. The molecule has 1 aliphatic heterocycles. The summed E-state index contributed by atoms with van der Waals surface area (Å²) in [6.45, 7) is 7.49. The fraction of sp³-hybridized carbons (Fsp3) is 0.294. The number of aromatic nitrogens is 2. The van der Waals surface area contributed by atoms with Gasteiger partial charge in [-0.25, -0.2) is 4.98 Å². The lowest BCUT2D eigenvalue weighted by Gasteiger charge is -2.51. The van der Waals surface area contributed by atoms with Gasteiger partial charge in [-0.2, -0.15) is 0 Å². The van der Waals surface area contributed by atoms with Crippen molar-refractivity contribution in [3.8, 4) is 0 Å². The van der Waals surface area contributed by atoms with E-state index in [0.29, 0.717) is 19.5 Å². The van der Waals surface area contributed by atoms with Crippen LogP contribution in [0.25, 0.3) is 0 Å². The molecular formula is C34H39ClN4O. The molecule has 1 amide bonds. The van der Waals surface area contributed by atoms with Gasteiger partial charge in [-0.1, -0.05) is 103 Å². The van der Waals surface area contributed by atoms with Crippen molar-refractivity contribution in [3.05, 3.63) is 138 Å². The average Bonchev–Trinajstić information content (AvgIpc) is 3.39. The molecule has 1 fully saturated rings. The van der Waals surface area contributed by atoms with E-state index in [-0.39, 0.29) is 18.3 Å². The van der Waals surface area contributed by atoms with E-state index in [2.05, 4.69) is 52.9 Å². The number of hydrogen-bond donors (Lipinski definition) is 2. The van der Waals surface area contributed by atoms with Gasteiger partial charge in [0.1, 0.15) is 5.54 Å². The van der Waals surface area contributed by atoms with Crippen LogP contribution in [0.1, 0.15) is 53.8 Å². The minimum Gasteiger partial charge on any atom is -0.348 e. The Morgan fingerprint density at radius 3 is 1.80 bits per heavy atom. The van der Waals surface area contributed by atoms with Crippen LogP contribution >= 0.6 is 12.4 Å². The zero-order valence-corrected chi connectivity index (χ0v) is 24.0. The number of amides is 1. The number of nitrogens with one attached hydrogen (secondary N) is 1. The third-order valence-electron chi connectivity index (χ3n) is 8.35. The van der Waals surface area contributed by atoms with Crippen molar-refractivity contribution in [3.63, 3.8) is 0 Å². The maximum atomic E-state index is 14.9. The highest BCUT2D eigenvalue weighted by Crippen LogP contribution is 2.49.